The normalized spacial score (nSPS) is 13.5. The van der Waals surface area contributed by atoms with Crippen molar-refractivity contribution in [3.63, 3.8) is 0 Å². The van der Waals surface area contributed by atoms with Gasteiger partial charge in [0.15, 0.2) is 5.78 Å². The summed E-state index contributed by atoms with van der Waals surface area (Å²) >= 11 is 3.48. The van der Waals surface area contributed by atoms with Crippen molar-refractivity contribution in [2.75, 3.05) is 6.61 Å². The molecule has 2 nitrogen and oxygen atoms in total. The lowest BCUT2D eigenvalue weighted by Crippen LogP contribution is -2.13. The van der Waals surface area contributed by atoms with Gasteiger partial charge in [0.25, 0.3) is 0 Å². The van der Waals surface area contributed by atoms with Gasteiger partial charge in [-0.05, 0) is 43.0 Å². The Balaban J connectivity index is 2.04. The van der Waals surface area contributed by atoms with Gasteiger partial charge in [0.05, 0.1) is 12.2 Å². The molecular weight excluding hydrogens is 316 g/mol. The zero-order valence-corrected chi connectivity index (χ0v) is 12.9. The van der Waals surface area contributed by atoms with E-state index in [4.69, 9.17) is 4.74 Å². The summed E-state index contributed by atoms with van der Waals surface area (Å²) in [6, 6.07) is 11.5. The van der Waals surface area contributed by atoms with Gasteiger partial charge < -0.3 is 4.74 Å². The van der Waals surface area contributed by atoms with Crippen LogP contribution < -0.4 is 4.74 Å². The van der Waals surface area contributed by atoms with Crippen LogP contribution in [0.3, 0.4) is 0 Å². The summed E-state index contributed by atoms with van der Waals surface area (Å²) in [6.45, 7) is 2.70. The Hall–Kier alpha value is -1.61. The Kier molecular flexibility index (Phi) is 3.62. The quantitative estimate of drug-likeness (QED) is 0.767. The first-order valence-electron chi connectivity index (χ1n) is 6.72. The Morgan fingerprint density at radius 2 is 2.10 bits per heavy atom. The van der Waals surface area contributed by atoms with Crippen molar-refractivity contribution < 1.29 is 9.53 Å². The van der Waals surface area contributed by atoms with Gasteiger partial charge in [0, 0.05) is 10.0 Å². The lowest BCUT2D eigenvalue weighted by Gasteiger charge is -2.19. The molecule has 2 aromatic rings. The molecule has 0 radical (unpaired) electrons. The van der Waals surface area contributed by atoms with Crippen LogP contribution in [0.15, 0.2) is 40.9 Å². The Labute approximate surface area is 126 Å². The minimum absolute atomic E-state index is 0.0180. The maximum atomic E-state index is 12.7. The van der Waals surface area contributed by atoms with Crippen LogP contribution in [0.1, 0.15) is 33.5 Å². The first kappa shape index (κ1) is 13.4. The molecule has 102 valence electrons. The fourth-order valence-corrected chi connectivity index (χ4v) is 2.84. The van der Waals surface area contributed by atoms with Gasteiger partial charge in [-0.25, -0.2) is 0 Å². The second kappa shape index (κ2) is 5.41. The Morgan fingerprint density at radius 3 is 2.90 bits per heavy atom. The van der Waals surface area contributed by atoms with E-state index in [1.165, 1.54) is 0 Å². The third-order valence-electron chi connectivity index (χ3n) is 3.61. The number of rotatable bonds is 2. The van der Waals surface area contributed by atoms with E-state index in [0.717, 1.165) is 34.2 Å². The highest BCUT2D eigenvalue weighted by atomic mass is 79.9. The van der Waals surface area contributed by atoms with Gasteiger partial charge in [-0.2, -0.15) is 0 Å². The van der Waals surface area contributed by atoms with E-state index in [9.17, 15) is 4.79 Å². The van der Waals surface area contributed by atoms with Crippen LogP contribution in [0.5, 0.6) is 5.75 Å². The highest BCUT2D eigenvalue weighted by Gasteiger charge is 2.20. The lowest BCUT2D eigenvalue weighted by atomic mass is 9.96. The summed E-state index contributed by atoms with van der Waals surface area (Å²) in [5.74, 6) is 0.782. The molecule has 0 atom stereocenters. The molecule has 20 heavy (non-hydrogen) atoms. The maximum absolute atomic E-state index is 12.7. The molecule has 0 bridgehead atoms. The van der Waals surface area contributed by atoms with E-state index >= 15 is 0 Å². The number of fused-ring (bicyclic) bond motifs is 1. The maximum Gasteiger partial charge on any atom is 0.196 e. The summed E-state index contributed by atoms with van der Waals surface area (Å²) < 4.78 is 6.67. The lowest BCUT2D eigenvalue weighted by molar-refractivity contribution is 0.103. The van der Waals surface area contributed by atoms with Gasteiger partial charge in [0.1, 0.15) is 5.75 Å². The molecule has 3 heteroatoms. The van der Waals surface area contributed by atoms with Crippen molar-refractivity contribution in [1.29, 1.82) is 0 Å². The monoisotopic (exact) mass is 330 g/mol. The van der Waals surface area contributed by atoms with Gasteiger partial charge in [-0.15, -0.1) is 0 Å². The van der Waals surface area contributed by atoms with E-state index < -0.39 is 0 Å². The number of hydrogen-bond acceptors (Lipinski definition) is 2. The SMILES string of the molecule is Cc1ccc(C(=O)c2cccc3c2OCCC3)cc1Br. The van der Waals surface area contributed by atoms with Gasteiger partial charge in [-0.3, -0.25) is 4.79 Å². The molecule has 2 aromatic carbocycles. The molecule has 0 spiro atoms. The highest BCUT2D eigenvalue weighted by molar-refractivity contribution is 9.10. The summed E-state index contributed by atoms with van der Waals surface area (Å²) in [4.78, 5) is 12.7. The Morgan fingerprint density at radius 1 is 1.25 bits per heavy atom. The van der Waals surface area contributed by atoms with Crippen molar-refractivity contribution >= 4 is 21.7 Å². The molecule has 0 aromatic heterocycles. The average Bonchev–Trinajstić information content (AvgIpc) is 2.49. The van der Waals surface area contributed by atoms with Crippen molar-refractivity contribution in [2.45, 2.75) is 19.8 Å². The van der Waals surface area contributed by atoms with Crippen LogP contribution >= 0.6 is 15.9 Å². The van der Waals surface area contributed by atoms with Crippen molar-refractivity contribution in [1.82, 2.24) is 0 Å². The van der Waals surface area contributed by atoms with Crippen LogP contribution in [-0.2, 0) is 6.42 Å². The van der Waals surface area contributed by atoms with Crippen LogP contribution in [0.4, 0.5) is 0 Å². The third kappa shape index (κ3) is 2.38. The summed E-state index contributed by atoms with van der Waals surface area (Å²) in [5.41, 5.74) is 3.60. The van der Waals surface area contributed by atoms with Crippen LogP contribution in [0.25, 0.3) is 0 Å². The van der Waals surface area contributed by atoms with Crippen molar-refractivity contribution in [2.24, 2.45) is 0 Å². The second-order valence-corrected chi connectivity index (χ2v) is 5.89. The van der Waals surface area contributed by atoms with E-state index in [0.29, 0.717) is 17.7 Å². The molecule has 0 amide bonds. The van der Waals surface area contributed by atoms with Gasteiger partial charge in [0.2, 0.25) is 0 Å². The average molecular weight is 331 g/mol. The fourth-order valence-electron chi connectivity index (χ4n) is 2.46. The predicted molar refractivity (Wildman–Crippen MR) is 82.6 cm³/mol. The minimum atomic E-state index is 0.0180. The number of aryl methyl sites for hydroxylation is 2. The number of carbonyl (C=O) groups excluding carboxylic acids is 1. The third-order valence-corrected chi connectivity index (χ3v) is 4.47. The molecule has 1 aliphatic heterocycles. The van der Waals surface area contributed by atoms with Crippen LogP contribution in [0.2, 0.25) is 0 Å². The molecule has 0 saturated heterocycles. The Bertz CT molecular complexity index is 677. The number of benzene rings is 2. The standard InChI is InChI=1S/C17H15BrO2/c1-11-7-8-13(10-15(11)18)16(19)14-6-2-4-12-5-3-9-20-17(12)14/h2,4,6-8,10H,3,5,9H2,1H3. The molecule has 0 fully saturated rings. The van der Waals surface area contributed by atoms with Gasteiger partial charge >= 0.3 is 0 Å². The molecule has 0 N–H and O–H groups in total. The van der Waals surface area contributed by atoms with E-state index in [1.54, 1.807) is 0 Å². The second-order valence-electron chi connectivity index (χ2n) is 5.04. The van der Waals surface area contributed by atoms with Crippen molar-refractivity contribution in [3.05, 3.63) is 63.1 Å². The molecule has 0 aliphatic carbocycles. The minimum Gasteiger partial charge on any atom is -0.493 e. The smallest absolute Gasteiger partial charge is 0.196 e. The molecule has 1 aliphatic rings. The number of para-hydroxylation sites is 1. The number of ether oxygens (including phenoxy) is 1. The predicted octanol–water partition coefficient (Wildman–Crippen LogP) is 4.31. The fraction of sp³-hybridized carbons (Fsp3) is 0.235. The number of carbonyl (C=O) groups is 1. The number of halogens is 1. The molecule has 1 heterocycles. The van der Waals surface area contributed by atoms with Crippen molar-refractivity contribution in [3.8, 4) is 5.75 Å². The topological polar surface area (TPSA) is 26.3 Å². The molecule has 0 saturated carbocycles. The van der Waals surface area contributed by atoms with E-state index in [2.05, 4.69) is 15.9 Å². The zero-order valence-electron chi connectivity index (χ0n) is 11.3. The highest BCUT2D eigenvalue weighted by Crippen LogP contribution is 2.31. The first-order valence-corrected chi connectivity index (χ1v) is 7.51. The summed E-state index contributed by atoms with van der Waals surface area (Å²) in [7, 11) is 0. The van der Waals surface area contributed by atoms with Crippen LogP contribution in [-0.4, -0.2) is 12.4 Å². The van der Waals surface area contributed by atoms with E-state index in [1.807, 2.05) is 43.3 Å². The van der Waals surface area contributed by atoms with Gasteiger partial charge in [-0.1, -0.05) is 40.2 Å². The summed E-state index contributed by atoms with van der Waals surface area (Å²) in [5, 5.41) is 0. The largest absolute Gasteiger partial charge is 0.493 e. The van der Waals surface area contributed by atoms with E-state index in [-0.39, 0.29) is 5.78 Å². The first-order chi connectivity index (χ1) is 9.66. The zero-order chi connectivity index (χ0) is 14.1. The molecular formula is C17H15BrO2. The summed E-state index contributed by atoms with van der Waals surface area (Å²) in [6.07, 6.45) is 1.99. The number of hydrogen-bond donors (Lipinski definition) is 0. The molecule has 0 unspecified atom stereocenters. The number of ketones is 1. The van der Waals surface area contributed by atoms with Crippen LogP contribution in [0, 0.1) is 6.92 Å². The molecule has 3 rings (SSSR count).